The summed E-state index contributed by atoms with van der Waals surface area (Å²) in [7, 11) is 1.63. The molecule has 1 amide bonds. The van der Waals surface area contributed by atoms with E-state index in [0.717, 1.165) is 44.5 Å². The molecule has 1 heterocycles. The van der Waals surface area contributed by atoms with Gasteiger partial charge in [-0.2, -0.15) is 0 Å². The fourth-order valence-electron chi connectivity index (χ4n) is 3.26. The Morgan fingerprint density at radius 3 is 2.64 bits per heavy atom. The molecule has 0 aliphatic rings. The van der Waals surface area contributed by atoms with E-state index in [1.54, 1.807) is 7.11 Å². The molecule has 0 atom stereocenters. The normalized spacial score (nSPS) is 10.8. The van der Waals surface area contributed by atoms with Gasteiger partial charge in [0, 0.05) is 22.5 Å². The number of anilines is 2. The van der Waals surface area contributed by atoms with Gasteiger partial charge in [0.15, 0.2) is 0 Å². The van der Waals surface area contributed by atoms with Crippen molar-refractivity contribution in [2.45, 2.75) is 6.92 Å². The number of carbonyl (C=O) groups excluding carboxylic acids is 1. The number of benzene rings is 3. The number of hydrogen-bond donors (Lipinski definition) is 2. The average molecular weight is 371 g/mol. The van der Waals surface area contributed by atoms with E-state index in [-0.39, 0.29) is 12.5 Å². The molecule has 0 spiro atoms. The van der Waals surface area contributed by atoms with Crippen LogP contribution in [0.2, 0.25) is 0 Å². The van der Waals surface area contributed by atoms with Gasteiger partial charge in [0.25, 0.3) is 0 Å². The second-order valence-corrected chi connectivity index (χ2v) is 6.66. The molecule has 0 aliphatic heterocycles. The lowest BCUT2D eigenvalue weighted by Crippen LogP contribution is -2.21. The van der Waals surface area contributed by atoms with Gasteiger partial charge in [0.1, 0.15) is 5.75 Å². The summed E-state index contributed by atoms with van der Waals surface area (Å²) in [6.07, 6.45) is 0. The predicted octanol–water partition coefficient (Wildman–Crippen LogP) is 4.76. The third-order valence-corrected chi connectivity index (χ3v) is 4.62. The van der Waals surface area contributed by atoms with Gasteiger partial charge in [-0.1, -0.05) is 30.3 Å². The Kier molecular flexibility index (Phi) is 4.81. The van der Waals surface area contributed by atoms with Crippen molar-refractivity contribution in [2.24, 2.45) is 0 Å². The summed E-state index contributed by atoms with van der Waals surface area (Å²) in [5, 5.41) is 9.34. The first-order chi connectivity index (χ1) is 13.6. The molecular formula is C23H21N3O2. The molecule has 0 saturated carbocycles. The van der Waals surface area contributed by atoms with Crippen molar-refractivity contribution in [1.29, 1.82) is 0 Å². The molecule has 4 rings (SSSR count). The summed E-state index contributed by atoms with van der Waals surface area (Å²) < 4.78 is 5.31. The minimum atomic E-state index is -0.110. The molecule has 0 fully saturated rings. The van der Waals surface area contributed by atoms with E-state index in [0.29, 0.717) is 0 Å². The molecule has 28 heavy (non-hydrogen) atoms. The summed E-state index contributed by atoms with van der Waals surface area (Å²) in [6, 6.07) is 21.6. The van der Waals surface area contributed by atoms with Crippen LogP contribution in [0.5, 0.6) is 5.75 Å². The molecule has 0 saturated heterocycles. The van der Waals surface area contributed by atoms with Gasteiger partial charge in [0.2, 0.25) is 5.91 Å². The molecule has 140 valence electrons. The van der Waals surface area contributed by atoms with Crippen LogP contribution in [0.1, 0.15) is 5.69 Å². The predicted molar refractivity (Wildman–Crippen MR) is 114 cm³/mol. The summed E-state index contributed by atoms with van der Waals surface area (Å²) >= 11 is 0. The Balaban J connectivity index is 1.51. The van der Waals surface area contributed by atoms with Gasteiger partial charge >= 0.3 is 0 Å². The number of nitrogens with zero attached hydrogens (tertiary/aromatic N) is 1. The lowest BCUT2D eigenvalue weighted by atomic mass is 10.1. The number of amides is 1. The van der Waals surface area contributed by atoms with Gasteiger partial charge in [-0.25, -0.2) is 0 Å². The number of nitrogens with one attached hydrogen (secondary N) is 2. The van der Waals surface area contributed by atoms with Crippen molar-refractivity contribution >= 4 is 39.0 Å². The fourth-order valence-corrected chi connectivity index (χ4v) is 3.26. The summed E-state index contributed by atoms with van der Waals surface area (Å²) in [6.45, 7) is 2.09. The SMILES string of the molecule is COc1ccc2nc(C)cc(NCC(=O)Nc3ccc4ccccc4c3)c2c1. The number of hydrogen-bond acceptors (Lipinski definition) is 4. The highest BCUT2D eigenvalue weighted by atomic mass is 16.5. The van der Waals surface area contributed by atoms with Gasteiger partial charge < -0.3 is 15.4 Å². The molecule has 2 N–H and O–H groups in total. The number of ether oxygens (including phenoxy) is 1. The zero-order valence-corrected chi connectivity index (χ0v) is 15.8. The Labute approximate surface area is 163 Å². The first kappa shape index (κ1) is 17.8. The van der Waals surface area contributed by atoms with Crippen LogP contribution in [0.25, 0.3) is 21.7 Å². The quantitative estimate of drug-likeness (QED) is 0.531. The number of aromatic nitrogens is 1. The van der Waals surface area contributed by atoms with Crippen LogP contribution in [0, 0.1) is 6.92 Å². The molecular weight excluding hydrogens is 350 g/mol. The Morgan fingerprint density at radius 2 is 1.82 bits per heavy atom. The smallest absolute Gasteiger partial charge is 0.243 e. The van der Waals surface area contributed by atoms with E-state index in [1.807, 2.05) is 73.7 Å². The van der Waals surface area contributed by atoms with Crippen LogP contribution in [0.3, 0.4) is 0 Å². The number of fused-ring (bicyclic) bond motifs is 2. The summed E-state index contributed by atoms with van der Waals surface area (Å²) in [4.78, 5) is 17.0. The van der Waals surface area contributed by atoms with Gasteiger partial charge in [-0.05, 0) is 54.1 Å². The van der Waals surface area contributed by atoms with E-state index in [2.05, 4.69) is 15.6 Å². The largest absolute Gasteiger partial charge is 0.497 e. The molecule has 4 aromatic rings. The summed E-state index contributed by atoms with van der Waals surface area (Å²) in [5.41, 5.74) is 3.38. The topological polar surface area (TPSA) is 63.2 Å². The number of methoxy groups -OCH3 is 1. The van der Waals surface area contributed by atoms with Crippen molar-refractivity contribution in [1.82, 2.24) is 4.98 Å². The van der Waals surface area contributed by atoms with Crippen LogP contribution >= 0.6 is 0 Å². The maximum absolute atomic E-state index is 12.5. The van der Waals surface area contributed by atoms with Crippen LogP contribution in [-0.2, 0) is 4.79 Å². The number of aryl methyl sites for hydroxylation is 1. The first-order valence-corrected chi connectivity index (χ1v) is 9.10. The number of rotatable bonds is 5. The Hall–Kier alpha value is -3.60. The number of carbonyl (C=O) groups is 1. The molecule has 0 aliphatic carbocycles. The van der Waals surface area contributed by atoms with Crippen LogP contribution in [0.15, 0.2) is 66.7 Å². The Bertz CT molecular complexity index is 1170. The second kappa shape index (κ2) is 7.56. The highest BCUT2D eigenvalue weighted by Gasteiger charge is 2.08. The van der Waals surface area contributed by atoms with Gasteiger partial charge in [0.05, 0.1) is 19.2 Å². The molecule has 0 unspecified atom stereocenters. The van der Waals surface area contributed by atoms with Gasteiger partial charge in [-0.3, -0.25) is 9.78 Å². The number of pyridine rings is 1. The van der Waals surface area contributed by atoms with E-state index in [4.69, 9.17) is 4.74 Å². The monoisotopic (exact) mass is 371 g/mol. The fraction of sp³-hybridized carbons (Fsp3) is 0.130. The maximum atomic E-state index is 12.5. The third-order valence-electron chi connectivity index (χ3n) is 4.62. The van der Waals surface area contributed by atoms with Crippen molar-refractivity contribution in [3.05, 3.63) is 72.4 Å². The van der Waals surface area contributed by atoms with E-state index < -0.39 is 0 Å². The molecule has 0 bridgehead atoms. The van der Waals surface area contributed by atoms with Gasteiger partial charge in [-0.15, -0.1) is 0 Å². The molecule has 1 aromatic heterocycles. The zero-order valence-electron chi connectivity index (χ0n) is 15.8. The Morgan fingerprint density at radius 1 is 1.00 bits per heavy atom. The summed E-state index contributed by atoms with van der Waals surface area (Å²) in [5.74, 6) is 0.641. The highest BCUT2D eigenvalue weighted by Crippen LogP contribution is 2.27. The minimum absolute atomic E-state index is 0.110. The standard InChI is InChI=1S/C23H21N3O2/c1-15-11-22(20-13-19(28-2)9-10-21(20)25-15)24-14-23(27)26-18-8-7-16-5-3-4-6-17(16)12-18/h3-13H,14H2,1-2H3,(H,24,25)(H,26,27). The lowest BCUT2D eigenvalue weighted by molar-refractivity contribution is -0.114. The van der Waals surface area contributed by atoms with Crippen LogP contribution in [0.4, 0.5) is 11.4 Å². The third kappa shape index (κ3) is 3.74. The van der Waals surface area contributed by atoms with E-state index in [9.17, 15) is 4.79 Å². The molecule has 0 radical (unpaired) electrons. The minimum Gasteiger partial charge on any atom is -0.497 e. The first-order valence-electron chi connectivity index (χ1n) is 9.10. The lowest BCUT2D eigenvalue weighted by Gasteiger charge is -2.12. The highest BCUT2D eigenvalue weighted by molar-refractivity contribution is 5.98. The zero-order chi connectivity index (χ0) is 19.5. The van der Waals surface area contributed by atoms with Crippen molar-refractivity contribution in [3.63, 3.8) is 0 Å². The molecule has 5 nitrogen and oxygen atoms in total. The molecule has 3 aromatic carbocycles. The molecule has 5 heteroatoms. The average Bonchev–Trinajstić information content (AvgIpc) is 2.71. The van der Waals surface area contributed by atoms with Crippen LogP contribution < -0.4 is 15.4 Å². The maximum Gasteiger partial charge on any atom is 0.243 e. The van der Waals surface area contributed by atoms with E-state index in [1.165, 1.54) is 0 Å². The van der Waals surface area contributed by atoms with Crippen LogP contribution in [-0.4, -0.2) is 24.5 Å². The second-order valence-electron chi connectivity index (χ2n) is 6.66. The van der Waals surface area contributed by atoms with Crippen molar-refractivity contribution in [3.8, 4) is 5.75 Å². The van der Waals surface area contributed by atoms with E-state index >= 15 is 0 Å². The van der Waals surface area contributed by atoms with Crippen molar-refractivity contribution in [2.75, 3.05) is 24.3 Å². The van der Waals surface area contributed by atoms with Crippen molar-refractivity contribution < 1.29 is 9.53 Å².